The summed E-state index contributed by atoms with van der Waals surface area (Å²) in [6.45, 7) is 1.74. The minimum absolute atomic E-state index is 0.0902. The molecule has 0 unspecified atom stereocenters. The number of carbonyl (C=O) groups excluding carboxylic acids is 2. The van der Waals surface area contributed by atoms with Gasteiger partial charge in [0.15, 0.2) is 0 Å². The predicted octanol–water partition coefficient (Wildman–Crippen LogP) is 1.68. The Morgan fingerprint density at radius 2 is 2.00 bits per heavy atom. The Hall–Kier alpha value is -2.04. The lowest BCUT2D eigenvalue weighted by Gasteiger charge is -2.17. The van der Waals surface area contributed by atoms with Gasteiger partial charge in [-0.25, -0.2) is 0 Å². The molecule has 2 N–H and O–H groups in total. The van der Waals surface area contributed by atoms with Crippen LogP contribution in [0, 0.1) is 0 Å². The zero-order chi connectivity index (χ0) is 13.8. The third-order valence-corrected chi connectivity index (χ3v) is 3.11. The molecule has 19 heavy (non-hydrogen) atoms. The van der Waals surface area contributed by atoms with E-state index in [1.54, 1.807) is 4.90 Å². The van der Waals surface area contributed by atoms with E-state index in [0.717, 1.165) is 24.2 Å². The molecule has 0 bridgehead atoms. The van der Waals surface area contributed by atoms with Crippen molar-refractivity contribution in [1.82, 2.24) is 4.90 Å². The number of anilines is 2. The number of rotatable bonds is 5. The van der Waals surface area contributed by atoms with Crippen molar-refractivity contribution in [3.05, 3.63) is 24.3 Å². The van der Waals surface area contributed by atoms with Gasteiger partial charge in [0.2, 0.25) is 11.8 Å². The summed E-state index contributed by atoms with van der Waals surface area (Å²) >= 11 is 0. The van der Waals surface area contributed by atoms with Gasteiger partial charge in [-0.1, -0.05) is 6.07 Å². The van der Waals surface area contributed by atoms with Crippen molar-refractivity contribution in [2.24, 2.45) is 0 Å². The molecule has 1 fully saturated rings. The lowest BCUT2D eigenvalue weighted by molar-refractivity contribution is -0.128. The second-order valence-corrected chi connectivity index (χ2v) is 4.85. The van der Waals surface area contributed by atoms with Crippen molar-refractivity contribution in [1.29, 1.82) is 0 Å². The number of likely N-dealkylation sites (N-methyl/N-ethyl adjacent to an activating group) is 1. The van der Waals surface area contributed by atoms with Gasteiger partial charge in [0.25, 0.3) is 0 Å². The minimum atomic E-state index is -0.110. The fraction of sp³-hybridized carbons (Fsp3) is 0.429. The van der Waals surface area contributed by atoms with Gasteiger partial charge >= 0.3 is 0 Å². The molecule has 0 saturated heterocycles. The molecule has 0 atom stereocenters. The Balaban J connectivity index is 1.88. The molecule has 0 aromatic heterocycles. The Morgan fingerprint density at radius 3 is 2.63 bits per heavy atom. The standard InChI is InChI=1S/C14H19N3O2/c1-10(18)16-12-5-3-4-11(8-12)15-9-14(19)17(2)13-6-7-13/h3-5,8,13,15H,6-7,9H2,1-2H3,(H,16,18). The van der Waals surface area contributed by atoms with Crippen LogP contribution in [0.3, 0.4) is 0 Å². The van der Waals surface area contributed by atoms with Crippen LogP contribution in [0.4, 0.5) is 11.4 Å². The summed E-state index contributed by atoms with van der Waals surface area (Å²) in [4.78, 5) is 24.6. The monoisotopic (exact) mass is 261 g/mol. The van der Waals surface area contributed by atoms with Crippen LogP contribution in [-0.2, 0) is 9.59 Å². The van der Waals surface area contributed by atoms with Crippen LogP contribution in [0.2, 0.25) is 0 Å². The number of carbonyl (C=O) groups is 2. The fourth-order valence-corrected chi connectivity index (χ4v) is 1.88. The molecule has 5 nitrogen and oxygen atoms in total. The summed E-state index contributed by atoms with van der Waals surface area (Å²) < 4.78 is 0. The zero-order valence-corrected chi connectivity index (χ0v) is 11.3. The second-order valence-electron chi connectivity index (χ2n) is 4.85. The normalized spacial score (nSPS) is 13.8. The molecule has 0 aliphatic heterocycles. The number of benzene rings is 1. The van der Waals surface area contributed by atoms with E-state index in [9.17, 15) is 9.59 Å². The van der Waals surface area contributed by atoms with Crippen molar-refractivity contribution >= 4 is 23.2 Å². The molecule has 0 spiro atoms. The van der Waals surface area contributed by atoms with E-state index in [-0.39, 0.29) is 18.4 Å². The van der Waals surface area contributed by atoms with Crippen molar-refractivity contribution in [3.8, 4) is 0 Å². The number of nitrogens with zero attached hydrogens (tertiary/aromatic N) is 1. The fourth-order valence-electron chi connectivity index (χ4n) is 1.88. The first-order chi connectivity index (χ1) is 9.06. The molecule has 0 heterocycles. The van der Waals surface area contributed by atoms with Crippen LogP contribution in [0.5, 0.6) is 0 Å². The Bertz CT molecular complexity index is 483. The quantitative estimate of drug-likeness (QED) is 0.847. The third-order valence-electron chi connectivity index (χ3n) is 3.11. The maximum atomic E-state index is 11.9. The molecule has 2 amide bonds. The molecule has 1 aromatic carbocycles. The first-order valence-electron chi connectivity index (χ1n) is 6.43. The van der Waals surface area contributed by atoms with Gasteiger partial charge in [-0.15, -0.1) is 0 Å². The van der Waals surface area contributed by atoms with E-state index in [0.29, 0.717) is 6.04 Å². The average molecular weight is 261 g/mol. The molecular weight excluding hydrogens is 242 g/mol. The second kappa shape index (κ2) is 5.73. The molecule has 1 aromatic rings. The predicted molar refractivity (Wildman–Crippen MR) is 75.0 cm³/mol. The van der Waals surface area contributed by atoms with E-state index in [1.165, 1.54) is 6.92 Å². The van der Waals surface area contributed by atoms with Crippen LogP contribution < -0.4 is 10.6 Å². The SMILES string of the molecule is CC(=O)Nc1cccc(NCC(=O)N(C)C2CC2)c1. The largest absolute Gasteiger partial charge is 0.376 e. The van der Waals surface area contributed by atoms with Crippen LogP contribution in [0.1, 0.15) is 19.8 Å². The van der Waals surface area contributed by atoms with Gasteiger partial charge in [-0.3, -0.25) is 9.59 Å². The molecule has 102 valence electrons. The van der Waals surface area contributed by atoms with Gasteiger partial charge < -0.3 is 15.5 Å². The first-order valence-corrected chi connectivity index (χ1v) is 6.43. The molecule has 1 aliphatic carbocycles. The number of hydrogen-bond acceptors (Lipinski definition) is 3. The van der Waals surface area contributed by atoms with Gasteiger partial charge in [0.05, 0.1) is 6.54 Å². The lowest BCUT2D eigenvalue weighted by Crippen LogP contribution is -2.33. The van der Waals surface area contributed by atoms with Crippen LogP contribution in [0.15, 0.2) is 24.3 Å². The first kappa shape index (κ1) is 13.4. The Kier molecular flexibility index (Phi) is 4.04. The average Bonchev–Trinajstić information content (AvgIpc) is 3.19. The van der Waals surface area contributed by atoms with E-state index < -0.39 is 0 Å². The van der Waals surface area contributed by atoms with Gasteiger partial charge in [0.1, 0.15) is 0 Å². The molecule has 1 saturated carbocycles. The highest BCUT2D eigenvalue weighted by molar-refractivity contribution is 5.89. The highest BCUT2D eigenvalue weighted by Crippen LogP contribution is 2.25. The van der Waals surface area contributed by atoms with E-state index in [4.69, 9.17) is 0 Å². The molecule has 2 rings (SSSR count). The summed E-state index contributed by atoms with van der Waals surface area (Å²) in [5.74, 6) is -0.0193. The maximum absolute atomic E-state index is 11.9. The summed E-state index contributed by atoms with van der Waals surface area (Å²) in [6.07, 6.45) is 2.22. The molecular formula is C14H19N3O2. The van der Waals surface area contributed by atoms with Gasteiger partial charge in [0, 0.05) is 31.4 Å². The van der Waals surface area contributed by atoms with E-state index >= 15 is 0 Å². The smallest absolute Gasteiger partial charge is 0.241 e. The minimum Gasteiger partial charge on any atom is -0.376 e. The van der Waals surface area contributed by atoms with Crippen molar-refractivity contribution in [2.45, 2.75) is 25.8 Å². The Labute approximate surface area is 113 Å². The summed E-state index contributed by atoms with van der Waals surface area (Å²) in [7, 11) is 1.84. The summed E-state index contributed by atoms with van der Waals surface area (Å²) in [5.41, 5.74) is 1.55. The van der Waals surface area contributed by atoms with Gasteiger partial charge in [-0.2, -0.15) is 0 Å². The molecule has 5 heteroatoms. The Morgan fingerprint density at radius 1 is 1.32 bits per heavy atom. The van der Waals surface area contributed by atoms with E-state index in [2.05, 4.69) is 10.6 Å². The number of nitrogens with one attached hydrogen (secondary N) is 2. The highest BCUT2D eigenvalue weighted by Gasteiger charge is 2.29. The maximum Gasteiger partial charge on any atom is 0.241 e. The third kappa shape index (κ3) is 3.98. The van der Waals surface area contributed by atoms with Crippen molar-refractivity contribution < 1.29 is 9.59 Å². The summed E-state index contributed by atoms with van der Waals surface area (Å²) in [6, 6.07) is 7.76. The topological polar surface area (TPSA) is 61.4 Å². The van der Waals surface area contributed by atoms with Crippen molar-refractivity contribution in [2.75, 3.05) is 24.2 Å². The van der Waals surface area contributed by atoms with Crippen LogP contribution in [-0.4, -0.2) is 36.3 Å². The summed E-state index contributed by atoms with van der Waals surface area (Å²) in [5, 5.41) is 5.79. The van der Waals surface area contributed by atoms with E-state index in [1.807, 2.05) is 31.3 Å². The molecule has 1 aliphatic rings. The highest BCUT2D eigenvalue weighted by atomic mass is 16.2. The number of hydrogen-bond donors (Lipinski definition) is 2. The van der Waals surface area contributed by atoms with Crippen molar-refractivity contribution in [3.63, 3.8) is 0 Å². The van der Waals surface area contributed by atoms with Crippen LogP contribution >= 0.6 is 0 Å². The molecule has 0 radical (unpaired) electrons. The zero-order valence-electron chi connectivity index (χ0n) is 11.3. The van der Waals surface area contributed by atoms with Gasteiger partial charge in [-0.05, 0) is 31.0 Å². The lowest BCUT2D eigenvalue weighted by atomic mass is 10.2. The number of amides is 2. The van der Waals surface area contributed by atoms with Crippen LogP contribution in [0.25, 0.3) is 0 Å².